The number of hydrogen-bond acceptors (Lipinski definition) is 9. The van der Waals surface area contributed by atoms with Crippen LogP contribution in [-0.4, -0.2) is 78.2 Å². The van der Waals surface area contributed by atoms with Crippen molar-refractivity contribution in [2.45, 2.75) is 51.6 Å². The lowest BCUT2D eigenvalue weighted by atomic mass is 10.1. The Balaban J connectivity index is 0.000000163. The summed E-state index contributed by atoms with van der Waals surface area (Å²) in [6.45, 7) is 4.67. The zero-order valence-corrected chi connectivity index (χ0v) is 34.6. The minimum atomic E-state index is -1.00. The van der Waals surface area contributed by atoms with Gasteiger partial charge in [0.25, 0.3) is 11.8 Å². The van der Waals surface area contributed by atoms with Crippen molar-refractivity contribution in [3.63, 3.8) is 0 Å². The molecule has 4 heterocycles. The molecule has 2 aliphatic rings. The number of halogens is 4. The normalized spacial score (nSPS) is 13.5. The summed E-state index contributed by atoms with van der Waals surface area (Å²) < 4.78 is 59.5. The lowest BCUT2D eigenvalue weighted by Crippen LogP contribution is -2.26. The van der Waals surface area contributed by atoms with Gasteiger partial charge in [0.2, 0.25) is 5.91 Å². The number of rotatable bonds is 12. The minimum absolute atomic E-state index is 0.0937. The van der Waals surface area contributed by atoms with E-state index in [1.54, 1.807) is 57.6 Å². The maximum absolute atomic E-state index is 14.2. The molecule has 0 spiro atoms. The Hall–Kier alpha value is -7.63. The molecule has 4 aromatic carbocycles. The van der Waals surface area contributed by atoms with Crippen molar-refractivity contribution >= 4 is 62.7 Å². The number of hydrogen-bond donors (Lipinski definition) is 5. The van der Waals surface area contributed by atoms with Crippen LogP contribution >= 0.6 is 0 Å². The van der Waals surface area contributed by atoms with E-state index in [2.05, 4.69) is 46.5 Å². The number of aromatic nitrogens is 6. The molecule has 0 atom stereocenters. The first-order valence-electron chi connectivity index (χ1n) is 20.8. The molecule has 0 radical (unpaired) electrons. The zero-order chi connectivity index (χ0) is 44.6. The number of amides is 3. The molecule has 8 aromatic rings. The maximum atomic E-state index is 14.2. The highest BCUT2D eigenvalue weighted by Crippen LogP contribution is 2.32. The summed E-state index contributed by atoms with van der Waals surface area (Å²) in [5.74, 6) is -3.41. The zero-order valence-electron chi connectivity index (χ0n) is 34.6. The molecule has 5 N–H and O–H groups in total. The number of nitrogens with zero attached hydrogens (tertiary/aromatic N) is 6. The number of anilines is 2. The summed E-state index contributed by atoms with van der Waals surface area (Å²) in [5.41, 5.74) is 6.25. The third kappa shape index (κ3) is 8.58. The predicted octanol–water partition coefficient (Wildman–Crippen LogP) is 7.42. The van der Waals surface area contributed by atoms with Gasteiger partial charge in [0.05, 0.1) is 45.8 Å². The van der Waals surface area contributed by atoms with Gasteiger partial charge >= 0.3 is 0 Å². The number of fused-ring (bicyclic) bond motifs is 6. The van der Waals surface area contributed by atoms with Crippen LogP contribution in [0.3, 0.4) is 0 Å². The van der Waals surface area contributed by atoms with E-state index in [4.69, 9.17) is 0 Å². The molecular weight excluding hydrogens is 831 g/mol. The Labute approximate surface area is 362 Å². The molecule has 0 aliphatic heterocycles. The summed E-state index contributed by atoms with van der Waals surface area (Å²) in [6, 6.07) is 19.1. The Morgan fingerprint density at radius 1 is 0.609 bits per heavy atom. The van der Waals surface area contributed by atoms with Gasteiger partial charge in [-0.3, -0.25) is 23.2 Å². The van der Waals surface area contributed by atoms with Crippen LogP contribution < -0.4 is 26.6 Å². The molecule has 0 unspecified atom stereocenters. The van der Waals surface area contributed by atoms with Crippen LogP contribution in [0.2, 0.25) is 0 Å². The first-order chi connectivity index (χ1) is 30.9. The number of benzene rings is 4. The molecule has 2 aliphatic carbocycles. The first-order valence-corrected chi connectivity index (χ1v) is 20.8. The highest BCUT2D eigenvalue weighted by molar-refractivity contribution is 5.96. The van der Waals surface area contributed by atoms with Crippen molar-refractivity contribution in [1.82, 2.24) is 44.7 Å². The van der Waals surface area contributed by atoms with Crippen LogP contribution in [-0.2, 0) is 4.79 Å². The van der Waals surface area contributed by atoms with E-state index < -0.39 is 23.3 Å². The van der Waals surface area contributed by atoms with Crippen molar-refractivity contribution in [2.75, 3.05) is 30.3 Å². The van der Waals surface area contributed by atoms with E-state index in [1.165, 1.54) is 6.92 Å². The summed E-state index contributed by atoms with van der Waals surface area (Å²) in [7, 11) is 0. The SMILES string of the molecule is CC(=O)NCCNc1nc2cc(F)c(F)cc2n2c(-c3ccc(C(=O)NC4CC4)cc3)cnc12.CCNc1nc2cc(F)c(F)cc2n2c(-c3ccc(C(=O)NC4CC4)cc3)cnc12. The molecule has 3 amide bonds. The van der Waals surface area contributed by atoms with Crippen LogP contribution in [0, 0.1) is 23.3 Å². The van der Waals surface area contributed by atoms with Crippen molar-refractivity contribution in [1.29, 1.82) is 0 Å². The van der Waals surface area contributed by atoms with Gasteiger partial charge in [0, 0.05) is 85.2 Å². The molecule has 0 bridgehead atoms. The topological polar surface area (TPSA) is 172 Å². The van der Waals surface area contributed by atoms with Crippen molar-refractivity contribution in [2.24, 2.45) is 0 Å². The van der Waals surface area contributed by atoms with Gasteiger partial charge in [-0.2, -0.15) is 0 Å². The summed E-state index contributed by atoms with van der Waals surface area (Å²) in [6.07, 6.45) is 7.35. The average molecular weight is 872 g/mol. The van der Waals surface area contributed by atoms with Gasteiger partial charge in [-0.25, -0.2) is 37.5 Å². The predicted molar refractivity (Wildman–Crippen MR) is 234 cm³/mol. The van der Waals surface area contributed by atoms with Crippen LogP contribution in [0.15, 0.2) is 85.2 Å². The number of carbonyl (C=O) groups is 3. The number of imidazole rings is 2. The Kier molecular flexibility index (Phi) is 11.3. The Bertz CT molecular complexity index is 3110. The molecule has 4 aromatic heterocycles. The standard InChI is InChI=1S/C24H22F2N6O2.C22H19F2N5O/c1-13(33)27-8-9-28-22-23-29-12-21(32(23)20-11-18(26)17(25)10-19(20)31-22)14-2-4-15(5-3-14)24(34)30-16-6-7-16;1-2-25-20-21-26-11-19(29(21)18-10-16(24)15(23)9-17(18)28-20)12-3-5-13(6-4-12)22(30)27-14-7-8-14/h2-5,10-12,16H,6-9H2,1H3,(H,27,33)(H,28,31)(H,30,34);3-6,9-11,14H,2,7-8H2,1H3,(H,25,28)(H,27,30). The number of nitrogens with one attached hydrogen (secondary N) is 5. The van der Waals surface area contributed by atoms with Crippen LogP contribution in [0.5, 0.6) is 0 Å². The summed E-state index contributed by atoms with van der Waals surface area (Å²) in [4.78, 5) is 53.5. The van der Waals surface area contributed by atoms with Crippen LogP contribution in [0.1, 0.15) is 60.2 Å². The van der Waals surface area contributed by atoms with E-state index >= 15 is 0 Å². The summed E-state index contributed by atoms with van der Waals surface area (Å²) in [5, 5.41) is 14.8. The fourth-order valence-electron chi connectivity index (χ4n) is 7.26. The second kappa shape index (κ2) is 17.3. The maximum Gasteiger partial charge on any atom is 0.251 e. The first kappa shape index (κ1) is 41.7. The molecule has 10 rings (SSSR count). The fraction of sp³-hybridized carbons (Fsp3) is 0.239. The van der Waals surface area contributed by atoms with Gasteiger partial charge in [0.15, 0.2) is 46.2 Å². The van der Waals surface area contributed by atoms with Gasteiger partial charge in [-0.1, -0.05) is 24.3 Å². The van der Waals surface area contributed by atoms with Gasteiger partial charge in [-0.05, 0) is 56.9 Å². The number of carbonyl (C=O) groups excluding carboxylic acids is 3. The van der Waals surface area contributed by atoms with Crippen LogP contribution in [0.4, 0.5) is 29.2 Å². The molecule has 14 nitrogen and oxygen atoms in total. The Morgan fingerprint density at radius 2 is 1.03 bits per heavy atom. The van der Waals surface area contributed by atoms with Crippen LogP contribution in [0.25, 0.3) is 55.9 Å². The molecule has 2 saturated carbocycles. The largest absolute Gasteiger partial charge is 0.367 e. The smallest absolute Gasteiger partial charge is 0.251 e. The van der Waals surface area contributed by atoms with E-state index in [-0.39, 0.29) is 35.3 Å². The lowest BCUT2D eigenvalue weighted by molar-refractivity contribution is -0.118. The summed E-state index contributed by atoms with van der Waals surface area (Å²) >= 11 is 0. The quantitative estimate of drug-likeness (QED) is 0.0619. The molecular formula is C46H41F4N11O3. The second-order valence-electron chi connectivity index (χ2n) is 15.6. The highest BCUT2D eigenvalue weighted by atomic mass is 19.2. The van der Waals surface area contributed by atoms with Gasteiger partial charge < -0.3 is 26.6 Å². The molecule has 326 valence electrons. The molecule has 0 saturated heterocycles. The van der Waals surface area contributed by atoms with Crippen molar-refractivity contribution in [3.8, 4) is 22.5 Å². The Morgan fingerprint density at radius 3 is 1.44 bits per heavy atom. The van der Waals surface area contributed by atoms with E-state index in [0.29, 0.717) is 81.6 Å². The molecule has 64 heavy (non-hydrogen) atoms. The van der Waals surface area contributed by atoms with Gasteiger partial charge in [0.1, 0.15) is 0 Å². The molecule has 2 fully saturated rings. The van der Waals surface area contributed by atoms with Crippen molar-refractivity contribution in [3.05, 3.63) is 120 Å². The third-order valence-electron chi connectivity index (χ3n) is 10.8. The minimum Gasteiger partial charge on any atom is -0.367 e. The highest BCUT2D eigenvalue weighted by Gasteiger charge is 2.25. The monoisotopic (exact) mass is 871 g/mol. The van der Waals surface area contributed by atoms with Gasteiger partial charge in [-0.15, -0.1) is 0 Å². The third-order valence-corrected chi connectivity index (χ3v) is 10.8. The molecule has 18 heteroatoms. The van der Waals surface area contributed by atoms with E-state index in [9.17, 15) is 31.9 Å². The average Bonchev–Trinajstić information content (AvgIpc) is 4.19. The lowest BCUT2D eigenvalue weighted by Gasteiger charge is -2.12. The second-order valence-corrected chi connectivity index (χ2v) is 15.6. The fourth-order valence-corrected chi connectivity index (χ4v) is 7.26. The van der Waals surface area contributed by atoms with E-state index in [1.807, 2.05) is 19.1 Å². The van der Waals surface area contributed by atoms with E-state index in [0.717, 1.165) is 61.1 Å². The van der Waals surface area contributed by atoms with Crippen molar-refractivity contribution < 1.29 is 31.9 Å².